The number of hydrogen-bond donors (Lipinski definition) is 2. The smallest absolute Gasteiger partial charge is 0.305 e. The summed E-state index contributed by atoms with van der Waals surface area (Å²) in [6.07, 6.45) is 0.615. The third kappa shape index (κ3) is 2.90. The first-order chi connectivity index (χ1) is 9.13. The number of carbonyl (C=O) groups is 1. The number of carboxylic acid groups (broad SMARTS) is 1. The number of hydrogen-bond acceptors (Lipinski definition) is 5. The molecule has 0 radical (unpaired) electrons. The molecule has 1 unspecified atom stereocenters. The lowest BCUT2D eigenvalue weighted by Gasteiger charge is -2.18. The topological polar surface area (TPSA) is 91.0 Å². The van der Waals surface area contributed by atoms with Gasteiger partial charge in [0.05, 0.1) is 26.7 Å². The molecule has 3 N–H and O–H groups in total. The highest BCUT2D eigenvalue weighted by Gasteiger charge is 2.23. The summed E-state index contributed by atoms with van der Waals surface area (Å²) in [6.45, 7) is 1.11. The Bertz CT molecular complexity index is 474. The van der Waals surface area contributed by atoms with E-state index in [0.29, 0.717) is 36.0 Å². The fourth-order valence-electron chi connectivity index (χ4n) is 2.03. The number of fused-ring (bicyclic) bond motifs is 1. The Kier molecular flexibility index (Phi) is 4.11. The van der Waals surface area contributed by atoms with E-state index in [1.54, 1.807) is 12.1 Å². The zero-order valence-corrected chi connectivity index (χ0v) is 10.7. The second-order valence-electron chi connectivity index (χ2n) is 4.27. The van der Waals surface area contributed by atoms with Gasteiger partial charge in [-0.15, -0.1) is 0 Å². The van der Waals surface area contributed by atoms with E-state index < -0.39 is 12.0 Å². The summed E-state index contributed by atoms with van der Waals surface area (Å²) in [4.78, 5) is 10.7. The average Bonchev–Trinajstić information content (AvgIpc) is 2.61. The molecule has 0 spiro atoms. The van der Waals surface area contributed by atoms with Gasteiger partial charge in [0.15, 0.2) is 11.5 Å². The number of nitrogens with two attached hydrogens (primary N) is 1. The van der Waals surface area contributed by atoms with E-state index in [1.807, 2.05) is 0 Å². The van der Waals surface area contributed by atoms with Gasteiger partial charge in [-0.05, 0) is 12.1 Å². The van der Waals surface area contributed by atoms with Gasteiger partial charge in [0.2, 0.25) is 5.75 Å². The second-order valence-corrected chi connectivity index (χ2v) is 4.27. The van der Waals surface area contributed by atoms with Crippen LogP contribution >= 0.6 is 0 Å². The summed E-state index contributed by atoms with van der Waals surface area (Å²) in [5, 5.41) is 8.82. The predicted octanol–water partition coefficient (Wildman–Crippen LogP) is 1.33. The van der Waals surface area contributed by atoms with Gasteiger partial charge in [0, 0.05) is 18.0 Å². The molecule has 1 aromatic rings. The summed E-state index contributed by atoms with van der Waals surface area (Å²) < 4.78 is 16.5. The molecule has 0 saturated heterocycles. The number of benzene rings is 1. The number of carboxylic acids is 1. The van der Waals surface area contributed by atoms with Crippen molar-refractivity contribution in [2.45, 2.75) is 18.9 Å². The normalized spacial score (nSPS) is 15.5. The SMILES string of the molecule is COc1c(C(N)CC(=O)O)ccc2c1OCCCO2. The largest absolute Gasteiger partial charge is 0.492 e. The van der Waals surface area contributed by atoms with Crippen molar-refractivity contribution >= 4 is 5.97 Å². The summed E-state index contributed by atoms with van der Waals surface area (Å²) in [6, 6.07) is 2.81. The molecule has 2 rings (SSSR count). The minimum Gasteiger partial charge on any atom is -0.492 e. The maximum Gasteiger partial charge on any atom is 0.305 e. The van der Waals surface area contributed by atoms with Gasteiger partial charge >= 0.3 is 5.97 Å². The zero-order chi connectivity index (χ0) is 13.8. The first-order valence-corrected chi connectivity index (χ1v) is 6.07. The van der Waals surface area contributed by atoms with Crippen LogP contribution < -0.4 is 19.9 Å². The lowest BCUT2D eigenvalue weighted by Crippen LogP contribution is -2.16. The van der Waals surface area contributed by atoms with Gasteiger partial charge in [-0.3, -0.25) is 4.79 Å². The molecule has 0 saturated carbocycles. The monoisotopic (exact) mass is 267 g/mol. The molecular formula is C13H17NO5. The van der Waals surface area contributed by atoms with Crippen LogP contribution in [0.4, 0.5) is 0 Å². The summed E-state index contributed by atoms with van der Waals surface area (Å²) in [5.74, 6) is 0.591. The Labute approximate surface area is 111 Å². The minimum atomic E-state index is -0.957. The van der Waals surface area contributed by atoms with Crippen molar-refractivity contribution in [3.05, 3.63) is 17.7 Å². The van der Waals surface area contributed by atoms with Crippen molar-refractivity contribution in [3.63, 3.8) is 0 Å². The van der Waals surface area contributed by atoms with E-state index in [2.05, 4.69) is 0 Å². The Hall–Kier alpha value is -1.95. The van der Waals surface area contributed by atoms with Crippen molar-refractivity contribution in [1.29, 1.82) is 0 Å². The van der Waals surface area contributed by atoms with Crippen LogP contribution in [0.5, 0.6) is 17.2 Å². The minimum absolute atomic E-state index is 0.171. The van der Waals surface area contributed by atoms with Crippen molar-refractivity contribution in [2.75, 3.05) is 20.3 Å². The molecule has 0 aromatic heterocycles. The molecule has 1 aliphatic rings. The summed E-state index contributed by atoms with van der Waals surface area (Å²) in [7, 11) is 1.50. The number of ether oxygens (including phenoxy) is 3. The average molecular weight is 267 g/mol. The Balaban J connectivity index is 2.39. The Morgan fingerprint density at radius 2 is 2.21 bits per heavy atom. The molecule has 1 aliphatic heterocycles. The lowest BCUT2D eigenvalue weighted by molar-refractivity contribution is -0.137. The molecule has 1 atom stereocenters. The standard InChI is InChI=1S/C13H17NO5/c1-17-12-8(9(14)7-11(15)16)3-4-10-13(12)19-6-2-5-18-10/h3-4,9H,2,5-7,14H2,1H3,(H,15,16). The highest BCUT2D eigenvalue weighted by atomic mass is 16.5. The molecule has 6 nitrogen and oxygen atoms in total. The van der Waals surface area contributed by atoms with E-state index in [0.717, 1.165) is 6.42 Å². The molecule has 0 bridgehead atoms. The highest BCUT2D eigenvalue weighted by molar-refractivity contribution is 5.69. The van der Waals surface area contributed by atoms with Crippen LogP contribution in [0, 0.1) is 0 Å². The molecule has 0 amide bonds. The first kappa shape index (κ1) is 13.5. The van der Waals surface area contributed by atoms with Crippen LogP contribution in [0.25, 0.3) is 0 Å². The third-order valence-electron chi connectivity index (χ3n) is 2.90. The number of aliphatic carboxylic acids is 1. The van der Waals surface area contributed by atoms with E-state index in [9.17, 15) is 4.79 Å². The summed E-state index contributed by atoms with van der Waals surface area (Å²) in [5.41, 5.74) is 6.49. The molecule has 6 heteroatoms. The van der Waals surface area contributed by atoms with Crippen LogP contribution in [0.3, 0.4) is 0 Å². The van der Waals surface area contributed by atoms with E-state index in [4.69, 9.17) is 25.1 Å². The van der Waals surface area contributed by atoms with Crippen LogP contribution in [-0.4, -0.2) is 31.4 Å². The molecule has 1 heterocycles. The van der Waals surface area contributed by atoms with Crippen LogP contribution in [0.15, 0.2) is 12.1 Å². The zero-order valence-electron chi connectivity index (χ0n) is 10.7. The van der Waals surface area contributed by atoms with Gasteiger partial charge in [-0.1, -0.05) is 0 Å². The van der Waals surface area contributed by atoms with Gasteiger partial charge in [0.25, 0.3) is 0 Å². The van der Waals surface area contributed by atoms with E-state index in [-0.39, 0.29) is 6.42 Å². The van der Waals surface area contributed by atoms with E-state index >= 15 is 0 Å². The molecular weight excluding hydrogens is 250 g/mol. The second kappa shape index (κ2) is 5.79. The Morgan fingerprint density at radius 1 is 1.47 bits per heavy atom. The fraction of sp³-hybridized carbons (Fsp3) is 0.462. The fourth-order valence-corrected chi connectivity index (χ4v) is 2.03. The third-order valence-corrected chi connectivity index (χ3v) is 2.90. The van der Waals surface area contributed by atoms with Crippen molar-refractivity contribution < 1.29 is 24.1 Å². The first-order valence-electron chi connectivity index (χ1n) is 6.07. The van der Waals surface area contributed by atoms with Gasteiger partial charge in [-0.2, -0.15) is 0 Å². The van der Waals surface area contributed by atoms with Gasteiger partial charge in [0.1, 0.15) is 0 Å². The summed E-state index contributed by atoms with van der Waals surface area (Å²) >= 11 is 0. The van der Waals surface area contributed by atoms with Gasteiger partial charge in [-0.25, -0.2) is 0 Å². The van der Waals surface area contributed by atoms with E-state index in [1.165, 1.54) is 7.11 Å². The van der Waals surface area contributed by atoms with Crippen LogP contribution in [-0.2, 0) is 4.79 Å². The van der Waals surface area contributed by atoms with Crippen LogP contribution in [0.1, 0.15) is 24.4 Å². The quantitative estimate of drug-likeness (QED) is 0.855. The molecule has 0 aliphatic carbocycles. The maximum absolute atomic E-state index is 10.7. The predicted molar refractivity (Wildman–Crippen MR) is 67.8 cm³/mol. The van der Waals surface area contributed by atoms with Crippen LogP contribution in [0.2, 0.25) is 0 Å². The molecule has 104 valence electrons. The maximum atomic E-state index is 10.7. The molecule has 19 heavy (non-hydrogen) atoms. The van der Waals surface area contributed by atoms with Crippen molar-refractivity contribution in [3.8, 4) is 17.2 Å². The van der Waals surface area contributed by atoms with Gasteiger partial charge < -0.3 is 25.1 Å². The molecule has 1 aromatic carbocycles. The lowest BCUT2D eigenvalue weighted by atomic mass is 10.0. The van der Waals surface area contributed by atoms with Crippen molar-refractivity contribution in [2.24, 2.45) is 5.73 Å². The number of methoxy groups -OCH3 is 1. The number of rotatable bonds is 4. The Morgan fingerprint density at radius 3 is 2.89 bits per heavy atom. The highest BCUT2D eigenvalue weighted by Crippen LogP contribution is 2.43. The van der Waals surface area contributed by atoms with Crippen molar-refractivity contribution in [1.82, 2.24) is 0 Å². The molecule has 0 fully saturated rings.